The molecule has 0 radical (unpaired) electrons. The van der Waals surface area contributed by atoms with Gasteiger partial charge in [-0.25, -0.2) is 4.98 Å². The van der Waals surface area contributed by atoms with Crippen molar-refractivity contribution in [2.45, 2.75) is 31.9 Å². The number of anilines is 1. The van der Waals surface area contributed by atoms with Gasteiger partial charge in [-0.15, -0.1) is 0 Å². The van der Waals surface area contributed by atoms with E-state index in [2.05, 4.69) is 4.98 Å². The molecule has 1 aromatic carbocycles. The first kappa shape index (κ1) is 29.6. The molecule has 1 N–H and O–H groups in total. The molecular weight excluding hydrogens is 603 g/mol. The highest BCUT2D eigenvalue weighted by Crippen LogP contribution is 2.56. The number of pyridine rings is 1. The molecule has 1 aliphatic heterocycles. The molecule has 3 aliphatic carbocycles. The number of hydrogen-bond donors (Lipinski definition) is 1. The van der Waals surface area contributed by atoms with Crippen LogP contribution in [0.1, 0.15) is 36.9 Å². The molecule has 2 heterocycles. The van der Waals surface area contributed by atoms with Gasteiger partial charge in [-0.2, -0.15) is 18.2 Å². The van der Waals surface area contributed by atoms with Crippen molar-refractivity contribution in [2.75, 3.05) is 19.2 Å². The lowest BCUT2D eigenvalue weighted by atomic mass is 9.59. The number of aromatic hydroxyl groups is 1. The molecule has 0 saturated carbocycles. The normalized spacial score (nSPS) is 24.9. The van der Waals surface area contributed by atoms with Gasteiger partial charge in [0.05, 0.1) is 24.0 Å². The van der Waals surface area contributed by atoms with E-state index in [-0.39, 0.29) is 46.1 Å². The van der Waals surface area contributed by atoms with Crippen molar-refractivity contribution in [3.05, 3.63) is 81.1 Å². The van der Waals surface area contributed by atoms with Crippen LogP contribution in [-0.2, 0) is 25.4 Å². The molecule has 2 aromatic rings. The average Bonchev–Trinajstić information content (AvgIpc) is 3.23. The zero-order chi connectivity index (χ0) is 31.8. The third kappa shape index (κ3) is 4.42. The van der Waals surface area contributed by atoms with Crippen molar-refractivity contribution in [2.24, 2.45) is 17.8 Å². The van der Waals surface area contributed by atoms with Crippen molar-refractivity contribution < 1.29 is 42.2 Å². The van der Waals surface area contributed by atoms with Crippen molar-refractivity contribution in [3.63, 3.8) is 0 Å². The van der Waals surface area contributed by atoms with E-state index in [0.29, 0.717) is 23.0 Å². The van der Waals surface area contributed by atoms with E-state index in [1.54, 1.807) is 18.2 Å². The van der Waals surface area contributed by atoms with Crippen molar-refractivity contribution in [3.8, 4) is 11.5 Å². The topological polar surface area (TPSA) is 117 Å². The van der Waals surface area contributed by atoms with Crippen LogP contribution in [0.15, 0.2) is 64.8 Å². The molecule has 2 amide bonds. The second-order valence-corrected chi connectivity index (χ2v) is 11.6. The number of allylic oxidation sites excluding steroid dienone is 6. The predicted octanol–water partition coefficient (Wildman–Crippen LogP) is 4.95. The average molecular weight is 628 g/mol. The molecule has 6 rings (SSSR count). The fourth-order valence-corrected chi connectivity index (χ4v) is 7.03. The van der Waals surface area contributed by atoms with E-state index in [1.807, 2.05) is 0 Å². The SMILES string of the molecule is COc1ccc(C2C3=CCC4C(=O)N(N(C)c5nc(C(F)(F)F)ccc5Cl)C(=O)C4C3CC3=C2C(=O)C(C)=CC3=O)c(O)c1. The summed E-state index contributed by atoms with van der Waals surface area (Å²) in [6.45, 7) is 1.53. The second kappa shape index (κ2) is 10.3. The van der Waals surface area contributed by atoms with Gasteiger partial charge in [0.1, 0.15) is 17.2 Å². The summed E-state index contributed by atoms with van der Waals surface area (Å²) in [5, 5.41) is 12.5. The third-order valence-corrected chi connectivity index (χ3v) is 9.11. The number of benzene rings is 1. The van der Waals surface area contributed by atoms with Gasteiger partial charge in [-0.05, 0) is 50.0 Å². The van der Waals surface area contributed by atoms with Crippen LogP contribution in [0, 0.1) is 17.8 Å². The summed E-state index contributed by atoms with van der Waals surface area (Å²) >= 11 is 6.18. The van der Waals surface area contributed by atoms with Crippen molar-refractivity contribution >= 4 is 40.8 Å². The molecule has 4 atom stereocenters. The van der Waals surface area contributed by atoms with Crippen LogP contribution in [0.5, 0.6) is 11.5 Å². The van der Waals surface area contributed by atoms with Gasteiger partial charge in [0, 0.05) is 41.3 Å². The Morgan fingerprint density at radius 1 is 1.09 bits per heavy atom. The number of hydrazine groups is 1. The highest BCUT2D eigenvalue weighted by Gasteiger charge is 2.58. The molecular formula is C31H25ClF3N3O6. The monoisotopic (exact) mass is 627 g/mol. The fraction of sp³-hybridized carbons (Fsp3) is 0.323. The van der Waals surface area contributed by atoms with E-state index in [4.69, 9.17) is 16.3 Å². The maximum absolute atomic E-state index is 14.1. The Morgan fingerprint density at radius 2 is 1.82 bits per heavy atom. The molecule has 0 bridgehead atoms. The Morgan fingerprint density at radius 3 is 2.48 bits per heavy atom. The summed E-state index contributed by atoms with van der Waals surface area (Å²) < 4.78 is 45.5. The number of fused-ring (bicyclic) bond motifs is 3. The van der Waals surface area contributed by atoms with Gasteiger partial charge in [0.25, 0.3) is 11.8 Å². The van der Waals surface area contributed by atoms with E-state index in [1.165, 1.54) is 33.2 Å². The first-order valence-corrected chi connectivity index (χ1v) is 14.0. The summed E-state index contributed by atoms with van der Waals surface area (Å²) in [5.41, 5.74) is 0.323. The summed E-state index contributed by atoms with van der Waals surface area (Å²) in [6.07, 6.45) is -1.71. The van der Waals surface area contributed by atoms with E-state index in [0.717, 1.165) is 16.1 Å². The summed E-state index contributed by atoms with van der Waals surface area (Å²) in [5.74, 6) is -5.85. The number of nitrogens with zero attached hydrogens (tertiary/aromatic N) is 3. The lowest BCUT2D eigenvalue weighted by Crippen LogP contribution is -2.46. The standard InChI is InChI=1S/C31H25ClF3N3O6/c1-13-10-21(39)19-12-18-15(24(26(19)27(13)41)16-5-4-14(44-3)11-22(16)40)6-7-17-25(18)30(43)38(29(17)42)37(2)28-20(32)8-9-23(36-28)31(33,34)35/h4-6,8-11,17-18,24-25,40H,7,12H2,1-3H3. The second-order valence-electron chi connectivity index (χ2n) is 11.2. The van der Waals surface area contributed by atoms with E-state index < -0.39 is 59.0 Å². The summed E-state index contributed by atoms with van der Waals surface area (Å²) in [6, 6.07) is 6.27. The lowest BCUT2D eigenvalue weighted by molar-refractivity contribution is -0.141. The van der Waals surface area contributed by atoms with Crippen LogP contribution >= 0.6 is 11.6 Å². The smallest absolute Gasteiger partial charge is 0.433 e. The molecule has 44 heavy (non-hydrogen) atoms. The van der Waals surface area contributed by atoms with Gasteiger partial charge in [-0.1, -0.05) is 29.3 Å². The molecule has 0 spiro atoms. The van der Waals surface area contributed by atoms with Gasteiger partial charge in [0.2, 0.25) is 0 Å². The van der Waals surface area contributed by atoms with Crippen LogP contribution in [0.2, 0.25) is 5.02 Å². The third-order valence-electron chi connectivity index (χ3n) is 8.81. The molecule has 4 unspecified atom stereocenters. The number of carbonyl (C=O) groups excluding carboxylic acids is 4. The molecule has 4 aliphatic rings. The molecule has 1 aromatic heterocycles. The minimum absolute atomic E-state index is 0.0107. The largest absolute Gasteiger partial charge is 0.507 e. The summed E-state index contributed by atoms with van der Waals surface area (Å²) in [7, 11) is 2.66. The number of alkyl halides is 3. The predicted molar refractivity (Wildman–Crippen MR) is 150 cm³/mol. The number of carbonyl (C=O) groups is 4. The van der Waals surface area contributed by atoms with Gasteiger partial charge in [-0.3, -0.25) is 24.2 Å². The molecule has 9 nitrogen and oxygen atoms in total. The van der Waals surface area contributed by atoms with Crippen LogP contribution in [-0.4, -0.2) is 52.6 Å². The number of Topliss-reactive ketones (excluding diaryl/α,β-unsaturated/α-hetero) is 1. The number of amides is 2. The number of ether oxygens (including phenoxy) is 1. The fourth-order valence-electron chi connectivity index (χ4n) is 6.80. The number of rotatable bonds is 4. The highest BCUT2D eigenvalue weighted by molar-refractivity contribution is 6.33. The number of phenolic OH excluding ortho intramolecular Hbond substituents is 1. The van der Waals surface area contributed by atoms with Gasteiger partial charge in [0.15, 0.2) is 17.4 Å². The Balaban J connectivity index is 1.44. The number of halogens is 4. The lowest BCUT2D eigenvalue weighted by Gasteiger charge is -2.42. The first-order chi connectivity index (χ1) is 20.7. The Hall–Kier alpha value is -4.45. The quantitative estimate of drug-likeness (QED) is 0.288. The highest BCUT2D eigenvalue weighted by atomic mass is 35.5. The van der Waals surface area contributed by atoms with Gasteiger partial charge >= 0.3 is 6.18 Å². The zero-order valence-electron chi connectivity index (χ0n) is 23.6. The zero-order valence-corrected chi connectivity index (χ0v) is 24.4. The van der Waals surface area contributed by atoms with Crippen LogP contribution < -0.4 is 9.75 Å². The molecule has 1 saturated heterocycles. The Bertz CT molecular complexity index is 1760. The number of phenols is 1. The number of hydrogen-bond acceptors (Lipinski definition) is 8. The number of ketones is 2. The van der Waals surface area contributed by atoms with Crippen molar-refractivity contribution in [1.29, 1.82) is 0 Å². The molecule has 228 valence electrons. The minimum Gasteiger partial charge on any atom is -0.507 e. The number of aromatic nitrogens is 1. The first-order valence-electron chi connectivity index (χ1n) is 13.7. The van der Waals surface area contributed by atoms with Crippen LogP contribution in [0.4, 0.5) is 19.0 Å². The van der Waals surface area contributed by atoms with Gasteiger partial charge < -0.3 is 9.84 Å². The molecule has 1 fully saturated rings. The van der Waals surface area contributed by atoms with Crippen molar-refractivity contribution in [1.82, 2.24) is 9.99 Å². The minimum atomic E-state index is -4.79. The van der Waals surface area contributed by atoms with Crippen LogP contribution in [0.3, 0.4) is 0 Å². The van der Waals surface area contributed by atoms with Crippen LogP contribution in [0.25, 0.3) is 0 Å². The summed E-state index contributed by atoms with van der Waals surface area (Å²) in [4.78, 5) is 58.2. The maximum Gasteiger partial charge on any atom is 0.433 e. The number of imide groups is 1. The maximum atomic E-state index is 14.1. The van der Waals surface area contributed by atoms with E-state index in [9.17, 15) is 37.5 Å². The Labute approximate surface area is 254 Å². The number of methoxy groups -OCH3 is 1. The Kier molecular flexibility index (Phi) is 6.95. The van der Waals surface area contributed by atoms with E-state index >= 15 is 0 Å². The molecule has 13 heteroatoms.